The third-order valence-electron chi connectivity index (χ3n) is 5.40. The third-order valence-corrected chi connectivity index (χ3v) is 5.40. The van der Waals surface area contributed by atoms with Crippen molar-refractivity contribution in [2.45, 2.75) is 38.9 Å². The number of nitrogens with zero attached hydrogens (tertiary/aromatic N) is 4. The zero-order valence-electron chi connectivity index (χ0n) is 18.2. The Balaban J connectivity index is 1.34. The van der Waals surface area contributed by atoms with Crippen LogP contribution < -0.4 is 0 Å². The molecule has 1 aromatic heterocycles. The van der Waals surface area contributed by atoms with Crippen molar-refractivity contribution in [3.8, 4) is 11.3 Å². The van der Waals surface area contributed by atoms with Crippen LogP contribution in [-0.4, -0.2) is 65.3 Å². The van der Waals surface area contributed by atoms with Gasteiger partial charge in [-0.05, 0) is 44.9 Å². The summed E-state index contributed by atoms with van der Waals surface area (Å²) in [6.45, 7) is 6.43. The Morgan fingerprint density at radius 3 is 2.69 bits per heavy atom. The number of esters is 1. The monoisotopic (exact) mass is 454 g/mol. The second-order valence-corrected chi connectivity index (χ2v) is 7.80. The van der Waals surface area contributed by atoms with Gasteiger partial charge in [0.1, 0.15) is 5.69 Å². The predicted octanol–water partition coefficient (Wildman–Crippen LogP) is 3.65. The second-order valence-electron chi connectivity index (χ2n) is 7.80. The predicted molar refractivity (Wildman–Crippen MR) is 112 cm³/mol. The van der Waals surface area contributed by atoms with Gasteiger partial charge in [0.2, 0.25) is 0 Å². The molecule has 1 atom stereocenters. The first-order valence-corrected chi connectivity index (χ1v) is 10.9. The molecule has 1 saturated heterocycles. The van der Waals surface area contributed by atoms with Crippen LogP contribution in [0.4, 0.5) is 13.2 Å². The lowest BCUT2D eigenvalue weighted by Gasteiger charge is -2.31. The van der Waals surface area contributed by atoms with E-state index in [0.717, 1.165) is 44.5 Å². The van der Waals surface area contributed by atoms with Gasteiger partial charge in [-0.25, -0.2) is 0 Å². The summed E-state index contributed by atoms with van der Waals surface area (Å²) in [5.74, 6) is -0.156. The van der Waals surface area contributed by atoms with Crippen molar-refractivity contribution in [3.63, 3.8) is 0 Å². The fourth-order valence-electron chi connectivity index (χ4n) is 3.71. The highest BCUT2D eigenvalue weighted by Gasteiger charge is 2.30. The molecule has 176 valence electrons. The molecule has 0 amide bonds. The molecular weight excluding hydrogens is 425 g/mol. The van der Waals surface area contributed by atoms with Gasteiger partial charge >= 0.3 is 12.1 Å². The van der Waals surface area contributed by atoms with Crippen molar-refractivity contribution < 1.29 is 27.4 Å². The van der Waals surface area contributed by atoms with E-state index in [2.05, 4.69) is 15.2 Å². The van der Waals surface area contributed by atoms with Crippen molar-refractivity contribution in [2.75, 3.05) is 39.5 Å². The maximum absolute atomic E-state index is 12.7. The normalized spacial score (nSPS) is 17.4. The van der Waals surface area contributed by atoms with Crippen molar-refractivity contribution >= 4 is 5.97 Å². The Morgan fingerprint density at radius 1 is 1.19 bits per heavy atom. The molecule has 0 saturated carbocycles. The number of hydrogen-bond donors (Lipinski definition) is 0. The smallest absolute Gasteiger partial charge is 0.416 e. The lowest BCUT2D eigenvalue weighted by atomic mass is 9.98. The Bertz CT molecular complexity index is 855. The van der Waals surface area contributed by atoms with Crippen molar-refractivity contribution in [1.29, 1.82) is 0 Å². The van der Waals surface area contributed by atoms with Crippen LogP contribution in [0.2, 0.25) is 0 Å². The zero-order valence-corrected chi connectivity index (χ0v) is 18.2. The number of carbonyl (C=O) groups excluding carboxylic acids is 1. The average Bonchev–Trinajstić information content (AvgIpc) is 3.25. The molecule has 7 nitrogen and oxygen atoms in total. The Hall–Kier alpha value is -2.46. The molecule has 0 spiro atoms. The molecule has 10 heteroatoms. The van der Waals surface area contributed by atoms with Crippen LogP contribution >= 0.6 is 0 Å². The molecule has 0 radical (unpaired) electrons. The summed E-state index contributed by atoms with van der Waals surface area (Å²) in [6.07, 6.45) is -0.0422. The summed E-state index contributed by atoms with van der Waals surface area (Å²) in [7, 11) is 0. The maximum atomic E-state index is 12.7. The standard InChI is InChI=1S/C22H29F3N4O3/c1-2-32-21(30)18-5-3-10-28(15-18)12-14-31-13-4-11-29-16-20(26-27-29)17-6-8-19(9-7-17)22(23,24)25/h6-9,16,18H,2-5,10-15H2,1H3. The zero-order chi connectivity index (χ0) is 23.0. The van der Waals surface area contributed by atoms with Crippen LogP contribution in [0.3, 0.4) is 0 Å². The van der Waals surface area contributed by atoms with E-state index in [0.29, 0.717) is 44.2 Å². The molecular formula is C22H29F3N4O3. The van der Waals surface area contributed by atoms with Crippen molar-refractivity contribution in [2.24, 2.45) is 5.92 Å². The molecule has 1 aromatic carbocycles. The summed E-state index contributed by atoms with van der Waals surface area (Å²) < 4.78 is 50.5. The van der Waals surface area contributed by atoms with Crippen LogP contribution in [0.1, 0.15) is 31.7 Å². The molecule has 2 aromatic rings. The largest absolute Gasteiger partial charge is 0.466 e. The van der Waals surface area contributed by atoms with E-state index in [4.69, 9.17) is 9.47 Å². The van der Waals surface area contributed by atoms with Gasteiger partial charge in [0.05, 0.1) is 30.9 Å². The average molecular weight is 454 g/mol. The van der Waals surface area contributed by atoms with Crippen molar-refractivity contribution in [1.82, 2.24) is 19.9 Å². The van der Waals surface area contributed by atoms with E-state index in [9.17, 15) is 18.0 Å². The van der Waals surface area contributed by atoms with E-state index in [-0.39, 0.29) is 11.9 Å². The van der Waals surface area contributed by atoms with Crippen LogP contribution in [0.5, 0.6) is 0 Å². The molecule has 0 aliphatic carbocycles. The molecule has 1 aliphatic heterocycles. The first-order chi connectivity index (χ1) is 15.4. The summed E-state index contributed by atoms with van der Waals surface area (Å²) >= 11 is 0. The van der Waals surface area contributed by atoms with Gasteiger partial charge in [-0.1, -0.05) is 17.3 Å². The lowest BCUT2D eigenvalue weighted by Crippen LogP contribution is -2.40. The summed E-state index contributed by atoms with van der Waals surface area (Å²) in [4.78, 5) is 14.1. The molecule has 3 rings (SSSR count). The molecule has 0 bridgehead atoms. The van der Waals surface area contributed by atoms with Crippen LogP contribution in [0.25, 0.3) is 11.3 Å². The maximum Gasteiger partial charge on any atom is 0.416 e. The molecule has 1 fully saturated rings. The van der Waals surface area contributed by atoms with Gasteiger partial charge in [0.15, 0.2) is 0 Å². The van der Waals surface area contributed by atoms with Gasteiger partial charge in [-0.15, -0.1) is 5.10 Å². The number of likely N-dealkylation sites (tertiary alicyclic amines) is 1. The Kier molecular flexibility index (Phi) is 8.63. The minimum absolute atomic E-state index is 0.0464. The van der Waals surface area contributed by atoms with E-state index in [1.165, 1.54) is 12.1 Å². The van der Waals surface area contributed by atoms with Gasteiger partial charge in [0, 0.05) is 31.8 Å². The number of piperidine rings is 1. The highest BCUT2D eigenvalue weighted by atomic mass is 19.4. The van der Waals surface area contributed by atoms with Gasteiger partial charge in [-0.3, -0.25) is 9.48 Å². The highest BCUT2D eigenvalue weighted by Crippen LogP contribution is 2.30. The lowest BCUT2D eigenvalue weighted by molar-refractivity contribution is -0.150. The number of carbonyl (C=O) groups is 1. The number of hydrogen-bond acceptors (Lipinski definition) is 6. The first kappa shape index (κ1) is 24.2. The van der Waals surface area contributed by atoms with Crippen LogP contribution in [-0.2, 0) is 27.0 Å². The number of aryl methyl sites for hydroxylation is 1. The minimum Gasteiger partial charge on any atom is -0.466 e. The second kappa shape index (κ2) is 11.4. The van der Waals surface area contributed by atoms with E-state index >= 15 is 0 Å². The minimum atomic E-state index is -4.35. The molecule has 1 aliphatic rings. The van der Waals surface area contributed by atoms with Crippen LogP contribution in [0.15, 0.2) is 30.5 Å². The van der Waals surface area contributed by atoms with E-state index < -0.39 is 11.7 Å². The number of halogens is 3. The number of rotatable bonds is 10. The molecule has 0 N–H and O–H groups in total. The fraction of sp³-hybridized carbons (Fsp3) is 0.591. The molecule has 1 unspecified atom stereocenters. The first-order valence-electron chi connectivity index (χ1n) is 10.9. The van der Waals surface area contributed by atoms with Gasteiger partial charge in [-0.2, -0.15) is 13.2 Å². The number of aromatic nitrogens is 3. The Labute approximate surface area is 185 Å². The third kappa shape index (κ3) is 7.03. The number of alkyl halides is 3. The van der Waals surface area contributed by atoms with Gasteiger partial charge < -0.3 is 14.4 Å². The van der Waals surface area contributed by atoms with E-state index in [1.807, 2.05) is 6.92 Å². The summed E-state index contributed by atoms with van der Waals surface area (Å²) in [5.41, 5.74) is 0.427. The van der Waals surface area contributed by atoms with Crippen LogP contribution in [0, 0.1) is 5.92 Å². The quantitative estimate of drug-likeness (QED) is 0.403. The molecule has 32 heavy (non-hydrogen) atoms. The van der Waals surface area contributed by atoms with Gasteiger partial charge in [0.25, 0.3) is 0 Å². The van der Waals surface area contributed by atoms with E-state index in [1.54, 1.807) is 10.9 Å². The van der Waals surface area contributed by atoms with Crippen molar-refractivity contribution in [3.05, 3.63) is 36.0 Å². The number of benzene rings is 1. The highest BCUT2D eigenvalue weighted by molar-refractivity contribution is 5.72. The summed E-state index contributed by atoms with van der Waals surface area (Å²) in [6, 6.07) is 4.87. The fourth-order valence-corrected chi connectivity index (χ4v) is 3.71. The summed E-state index contributed by atoms with van der Waals surface area (Å²) in [5, 5.41) is 8.07. The Morgan fingerprint density at radius 2 is 1.97 bits per heavy atom. The topological polar surface area (TPSA) is 69.5 Å². The SMILES string of the molecule is CCOC(=O)C1CCCN(CCOCCCn2cc(-c3ccc(C(F)(F)F)cc3)nn2)C1. The number of ether oxygens (including phenoxy) is 2. The molecule has 2 heterocycles.